The van der Waals surface area contributed by atoms with Gasteiger partial charge in [-0.15, -0.1) is 0 Å². The summed E-state index contributed by atoms with van der Waals surface area (Å²) in [7, 11) is -3.68. The van der Waals surface area contributed by atoms with Gasteiger partial charge >= 0.3 is 0 Å². The molecule has 1 aliphatic heterocycles. The predicted molar refractivity (Wildman–Crippen MR) is 112 cm³/mol. The molecule has 0 saturated carbocycles. The van der Waals surface area contributed by atoms with E-state index in [1.54, 1.807) is 18.2 Å². The molecule has 2 heterocycles. The lowest BCUT2D eigenvalue weighted by molar-refractivity contribution is 0.214. The summed E-state index contributed by atoms with van der Waals surface area (Å²) in [6, 6.07) is 11.9. The van der Waals surface area contributed by atoms with E-state index < -0.39 is 15.8 Å². The summed E-state index contributed by atoms with van der Waals surface area (Å²) < 4.78 is 40.4. The first-order valence-corrected chi connectivity index (χ1v) is 11.3. The number of para-hydroxylation sites is 1. The average Bonchev–Trinajstić information content (AvgIpc) is 3.00. The molecule has 0 unspecified atom stereocenters. The molecule has 1 aromatic heterocycles. The van der Waals surface area contributed by atoms with Crippen molar-refractivity contribution in [2.75, 3.05) is 26.2 Å². The van der Waals surface area contributed by atoms with Crippen LogP contribution in [0.4, 0.5) is 4.39 Å². The third-order valence-electron chi connectivity index (χ3n) is 5.52. The van der Waals surface area contributed by atoms with Gasteiger partial charge in [-0.3, -0.25) is 9.69 Å². The van der Waals surface area contributed by atoms with Gasteiger partial charge in [-0.1, -0.05) is 12.1 Å². The number of halogens is 1. The van der Waals surface area contributed by atoms with E-state index >= 15 is 0 Å². The van der Waals surface area contributed by atoms with Crippen molar-refractivity contribution in [1.82, 2.24) is 19.2 Å². The van der Waals surface area contributed by atoms with Crippen LogP contribution in [0.3, 0.4) is 0 Å². The molecular weight excluding hydrogens is 407 g/mol. The van der Waals surface area contributed by atoms with Crippen molar-refractivity contribution in [3.05, 3.63) is 70.5 Å². The van der Waals surface area contributed by atoms with Crippen LogP contribution >= 0.6 is 0 Å². The quantitative estimate of drug-likeness (QED) is 0.687. The minimum absolute atomic E-state index is 0.0888. The van der Waals surface area contributed by atoms with Crippen molar-refractivity contribution >= 4 is 20.9 Å². The highest BCUT2D eigenvalue weighted by Crippen LogP contribution is 2.22. The molecule has 7 nitrogen and oxygen atoms in total. The van der Waals surface area contributed by atoms with Gasteiger partial charge in [-0.2, -0.15) is 4.31 Å². The minimum atomic E-state index is -3.68. The Kier molecular flexibility index (Phi) is 5.68. The lowest BCUT2D eigenvalue weighted by atomic mass is 10.2. The molecule has 0 aliphatic carbocycles. The number of aromatic nitrogens is 2. The fourth-order valence-corrected chi connectivity index (χ4v) is 5.24. The predicted octanol–water partition coefficient (Wildman–Crippen LogP) is 2.52. The molecule has 1 fully saturated rings. The first-order valence-electron chi connectivity index (χ1n) is 9.85. The second-order valence-corrected chi connectivity index (χ2v) is 9.33. The minimum Gasteiger partial charge on any atom is -0.309 e. The number of fused-ring (bicyclic) bond motifs is 1. The normalized spacial score (nSPS) is 17.7. The van der Waals surface area contributed by atoms with Crippen molar-refractivity contribution < 1.29 is 12.8 Å². The highest BCUT2D eigenvalue weighted by Gasteiger charge is 2.29. The summed E-state index contributed by atoms with van der Waals surface area (Å²) in [5.41, 5.74) is 0.455. The molecule has 4 rings (SSSR count). The van der Waals surface area contributed by atoms with Crippen LogP contribution in [0.25, 0.3) is 10.9 Å². The van der Waals surface area contributed by atoms with Crippen LogP contribution in [-0.4, -0.2) is 53.8 Å². The number of benzene rings is 2. The van der Waals surface area contributed by atoms with Crippen molar-refractivity contribution in [3.63, 3.8) is 0 Å². The van der Waals surface area contributed by atoms with Gasteiger partial charge in [0.2, 0.25) is 10.0 Å². The SMILES string of the molecule is C[C@H](c1nc2ccccc2c(=O)[nH]1)N1CCCN(S(=O)(=O)c2ccc(F)cc2)CC1. The lowest BCUT2D eigenvalue weighted by Gasteiger charge is -2.27. The van der Waals surface area contributed by atoms with Gasteiger partial charge in [-0.25, -0.2) is 17.8 Å². The fraction of sp³-hybridized carbons (Fsp3) is 0.333. The van der Waals surface area contributed by atoms with Gasteiger partial charge in [-0.05, 0) is 49.7 Å². The van der Waals surface area contributed by atoms with E-state index in [-0.39, 0.29) is 16.5 Å². The van der Waals surface area contributed by atoms with Crippen LogP contribution in [0.15, 0.2) is 58.2 Å². The zero-order valence-corrected chi connectivity index (χ0v) is 17.4. The molecule has 2 aromatic carbocycles. The number of hydrogen-bond acceptors (Lipinski definition) is 5. The molecule has 0 radical (unpaired) electrons. The Morgan fingerprint density at radius 1 is 1.03 bits per heavy atom. The molecule has 1 N–H and O–H groups in total. The Morgan fingerprint density at radius 2 is 1.77 bits per heavy atom. The molecule has 1 atom stereocenters. The maximum absolute atomic E-state index is 13.2. The van der Waals surface area contributed by atoms with Gasteiger partial charge in [0.15, 0.2) is 0 Å². The number of aromatic amines is 1. The monoisotopic (exact) mass is 430 g/mol. The fourth-order valence-electron chi connectivity index (χ4n) is 3.77. The zero-order chi connectivity index (χ0) is 21.3. The lowest BCUT2D eigenvalue weighted by Crippen LogP contribution is -2.36. The Balaban J connectivity index is 1.53. The second-order valence-electron chi connectivity index (χ2n) is 7.39. The smallest absolute Gasteiger partial charge is 0.258 e. The van der Waals surface area contributed by atoms with Crippen molar-refractivity contribution in [1.29, 1.82) is 0 Å². The largest absolute Gasteiger partial charge is 0.309 e. The van der Waals surface area contributed by atoms with E-state index in [2.05, 4.69) is 14.9 Å². The van der Waals surface area contributed by atoms with E-state index in [1.165, 1.54) is 16.4 Å². The maximum atomic E-state index is 13.2. The first-order chi connectivity index (χ1) is 14.4. The van der Waals surface area contributed by atoms with Crippen molar-refractivity contribution in [3.8, 4) is 0 Å². The summed E-state index contributed by atoms with van der Waals surface area (Å²) in [5.74, 6) is 0.0928. The maximum Gasteiger partial charge on any atom is 0.258 e. The summed E-state index contributed by atoms with van der Waals surface area (Å²) in [6.45, 7) is 3.81. The standard InChI is InChI=1S/C21H23FN4O3S/c1-15(20-23-19-6-3-2-5-18(19)21(27)24-20)25-11-4-12-26(14-13-25)30(28,29)17-9-7-16(22)8-10-17/h2-3,5-10,15H,4,11-14H2,1H3,(H,23,24,27)/t15-/m1/s1. The zero-order valence-electron chi connectivity index (χ0n) is 16.6. The molecular formula is C21H23FN4O3S. The Labute approximate surface area is 174 Å². The van der Waals surface area contributed by atoms with Crippen LogP contribution in [0.1, 0.15) is 25.2 Å². The average molecular weight is 431 g/mol. The van der Waals surface area contributed by atoms with E-state index in [9.17, 15) is 17.6 Å². The van der Waals surface area contributed by atoms with Crippen LogP contribution in [-0.2, 0) is 10.0 Å². The Hall–Kier alpha value is -2.62. The highest BCUT2D eigenvalue weighted by atomic mass is 32.2. The summed E-state index contributed by atoms with van der Waals surface area (Å²) in [6.07, 6.45) is 0.641. The van der Waals surface area contributed by atoms with Crippen LogP contribution in [0, 0.1) is 5.82 Å². The molecule has 0 bridgehead atoms. The van der Waals surface area contributed by atoms with Gasteiger partial charge in [0.25, 0.3) is 5.56 Å². The summed E-state index contributed by atoms with van der Waals surface area (Å²) in [5, 5.41) is 0.542. The Bertz CT molecular complexity index is 1210. The van der Waals surface area contributed by atoms with Crippen LogP contribution in [0.2, 0.25) is 0 Å². The molecule has 9 heteroatoms. The molecule has 1 saturated heterocycles. The van der Waals surface area contributed by atoms with E-state index in [0.717, 1.165) is 12.1 Å². The van der Waals surface area contributed by atoms with Crippen molar-refractivity contribution in [2.45, 2.75) is 24.3 Å². The third kappa shape index (κ3) is 4.00. The second kappa shape index (κ2) is 8.25. The van der Waals surface area contributed by atoms with Gasteiger partial charge < -0.3 is 4.98 Å². The van der Waals surface area contributed by atoms with Crippen molar-refractivity contribution in [2.24, 2.45) is 0 Å². The van der Waals surface area contributed by atoms with Gasteiger partial charge in [0.05, 0.1) is 21.8 Å². The Morgan fingerprint density at radius 3 is 2.53 bits per heavy atom. The van der Waals surface area contributed by atoms with Crippen LogP contribution < -0.4 is 5.56 Å². The molecule has 3 aromatic rings. The summed E-state index contributed by atoms with van der Waals surface area (Å²) in [4.78, 5) is 22.1. The van der Waals surface area contributed by atoms with E-state index in [0.29, 0.717) is 49.3 Å². The molecule has 0 spiro atoms. The van der Waals surface area contributed by atoms with Gasteiger partial charge in [0.1, 0.15) is 11.6 Å². The topological polar surface area (TPSA) is 86.4 Å². The molecule has 0 amide bonds. The summed E-state index contributed by atoms with van der Waals surface area (Å²) >= 11 is 0. The van der Waals surface area contributed by atoms with Gasteiger partial charge in [0, 0.05) is 26.2 Å². The molecule has 1 aliphatic rings. The van der Waals surface area contributed by atoms with E-state index in [1.807, 2.05) is 13.0 Å². The third-order valence-corrected chi connectivity index (χ3v) is 7.43. The van der Waals surface area contributed by atoms with E-state index in [4.69, 9.17) is 0 Å². The van der Waals surface area contributed by atoms with Crippen LogP contribution in [0.5, 0.6) is 0 Å². The number of hydrogen-bond donors (Lipinski definition) is 1. The first kappa shape index (κ1) is 20.6. The number of rotatable bonds is 4. The molecule has 158 valence electrons. The number of nitrogens with one attached hydrogen (secondary N) is 1. The highest BCUT2D eigenvalue weighted by molar-refractivity contribution is 7.89. The number of nitrogens with zero attached hydrogens (tertiary/aromatic N) is 3. The molecule has 30 heavy (non-hydrogen) atoms. The number of sulfonamides is 1. The number of H-pyrrole nitrogens is 1.